The summed E-state index contributed by atoms with van der Waals surface area (Å²) >= 11 is 1.64. The van der Waals surface area contributed by atoms with Crippen LogP contribution in [0.3, 0.4) is 0 Å². The molecule has 0 unspecified atom stereocenters. The van der Waals surface area contributed by atoms with Crippen LogP contribution in [0.2, 0.25) is 0 Å². The molecule has 4 aromatic rings. The summed E-state index contributed by atoms with van der Waals surface area (Å²) in [6.45, 7) is 6.00. The first-order chi connectivity index (χ1) is 15.3. The van der Waals surface area contributed by atoms with Crippen molar-refractivity contribution in [1.29, 1.82) is 0 Å². The van der Waals surface area contributed by atoms with E-state index >= 15 is 0 Å². The zero-order valence-electron chi connectivity index (χ0n) is 18.1. The van der Waals surface area contributed by atoms with E-state index < -0.39 is 6.03 Å². The summed E-state index contributed by atoms with van der Waals surface area (Å²) in [7, 11) is 0. The van der Waals surface area contributed by atoms with Crippen LogP contribution >= 0.6 is 11.3 Å². The fourth-order valence-corrected chi connectivity index (χ4v) is 4.11. The van der Waals surface area contributed by atoms with E-state index in [2.05, 4.69) is 27.2 Å². The Labute approximate surface area is 189 Å². The number of urea groups is 1. The van der Waals surface area contributed by atoms with Crippen molar-refractivity contribution in [2.45, 2.75) is 32.6 Å². The van der Waals surface area contributed by atoms with E-state index in [0.717, 1.165) is 10.9 Å². The highest BCUT2D eigenvalue weighted by atomic mass is 32.1. The van der Waals surface area contributed by atoms with Crippen LogP contribution in [0, 0.1) is 0 Å². The molecule has 32 heavy (non-hydrogen) atoms. The van der Waals surface area contributed by atoms with Gasteiger partial charge < -0.3 is 15.2 Å². The second-order valence-electron chi connectivity index (χ2n) is 8.46. The van der Waals surface area contributed by atoms with Gasteiger partial charge in [0, 0.05) is 27.6 Å². The monoisotopic (exact) mass is 448 g/mol. The van der Waals surface area contributed by atoms with Crippen molar-refractivity contribution >= 4 is 50.6 Å². The highest BCUT2D eigenvalue weighted by Crippen LogP contribution is 2.26. The molecule has 0 saturated heterocycles. The second-order valence-corrected chi connectivity index (χ2v) is 9.38. The van der Waals surface area contributed by atoms with E-state index in [9.17, 15) is 9.59 Å². The number of rotatable bonds is 5. The van der Waals surface area contributed by atoms with Gasteiger partial charge in [0.05, 0.1) is 6.42 Å². The molecule has 4 rings (SSSR count). The zero-order valence-corrected chi connectivity index (χ0v) is 18.9. The second kappa shape index (κ2) is 8.84. The van der Waals surface area contributed by atoms with Crippen LogP contribution in [0.15, 0.2) is 64.5 Å². The molecule has 0 bridgehead atoms. The number of thiophene rings is 1. The average Bonchev–Trinajstić information content (AvgIpc) is 3.37. The lowest BCUT2D eigenvalue weighted by Crippen LogP contribution is -2.19. The number of benzene rings is 2. The summed E-state index contributed by atoms with van der Waals surface area (Å²) in [6, 6.07) is 16.3. The number of aromatic nitrogens is 1. The number of anilines is 3. The molecule has 0 saturated carbocycles. The van der Waals surface area contributed by atoms with Gasteiger partial charge in [-0.1, -0.05) is 44.1 Å². The fourth-order valence-electron chi connectivity index (χ4n) is 3.15. The van der Waals surface area contributed by atoms with E-state index in [1.54, 1.807) is 41.7 Å². The van der Waals surface area contributed by atoms with Gasteiger partial charge in [0.1, 0.15) is 5.76 Å². The van der Waals surface area contributed by atoms with Crippen LogP contribution in [0.5, 0.6) is 0 Å². The van der Waals surface area contributed by atoms with Gasteiger partial charge in [-0.2, -0.15) is 0 Å². The summed E-state index contributed by atoms with van der Waals surface area (Å²) in [5.74, 6) is 0.938. The number of carbonyl (C=O) groups excluding carboxylic acids is 2. The van der Waals surface area contributed by atoms with Crippen LogP contribution in [0.4, 0.5) is 22.0 Å². The molecule has 2 heterocycles. The summed E-state index contributed by atoms with van der Waals surface area (Å²) in [5, 5.41) is 15.3. The van der Waals surface area contributed by atoms with Crippen LogP contribution in [-0.4, -0.2) is 17.1 Å². The standard InChI is InChI=1S/C24H24N4O3S/c1-24(2,3)20-13-21(28-31-20)27-23(30)26-17-10-8-16(9-11-17)25-22(29)12-15-14-32-19-7-5-4-6-18(15)19/h4-11,13-14H,12H2,1-3H3,(H,25,29)(H2,26,27,28,30). The number of hydrogen-bond acceptors (Lipinski definition) is 5. The Morgan fingerprint density at radius 2 is 1.66 bits per heavy atom. The van der Waals surface area contributed by atoms with Crippen molar-refractivity contribution in [3.05, 3.63) is 71.3 Å². The molecule has 164 valence electrons. The zero-order chi connectivity index (χ0) is 22.7. The number of carbonyl (C=O) groups is 2. The minimum absolute atomic E-state index is 0.0901. The van der Waals surface area contributed by atoms with Gasteiger partial charge in [-0.25, -0.2) is 4.79 Å². The quantitative estimate of drug-likeness (QED) is 0.348. The van der Waals surface area contributed by atoms with Gasteiger partial charge >= 0.3 is 6.03 Å². The lowest BCUT2D eigenvalue weighted by molar-refractivity contribution is -0.115. The largest absolute Gasteiger partial charge is 0.359 e. The Balaban J connectivity index is 1.31. The van der Waals surface area contributed by atoms with E-state index in [0.29, 0.717) is 29.4 Å². The molecule has 0 aliphatic rings. The van der Waals surface area contributed by atoms with Crippen molar-refractivity contribution in [3.8, 4) is 0 Å². The molecule has 0 fully saturated rings. The molecule has 2 aromatic heterocycles. The maximum atomic E-state index is 12.5. The summed E-state index contributed by atoms with van der Waals surface area (Å²) in [5.41, 5.74) is 2.07. The Morgan fingerprint density at radius 3 is 2.34 bits per heavy atom. The van der Waals surface area contributed by atoms with Crippen LogP contribution in [0.1, 0.15) is 32.1 Å². The molecule has 2 aromatic carbocycles. The predicted octanol–water partition coefficient (Wildman–Crippen LogP) is 6.01. The Hall–Kier alpha value is -3.65. The van der Waals surface area contributed by atoms with Gasteiger partial charge in [0.25, 0.3) is 0 Å². The minimum atomic E-state index is -0.431. The number of hydrogen-bond donors (Lipinski definition) is 3. The maximum absolute atomic E-state index is 12.5. The molecular formula is C24H24N4O3S. The van der Waals surface area contributed by atoms with Crippen LogP contribution in [-0.2, 0) is 16.6 Å². The summed E-state index contributed by atoms with van der Waals surface area (Å²) in [6.07, 6.45) is 0.306. The van der Waals surface area contributed by atoms with Gasteiger partial charge in [-0.3, -0.25) is 10.1 Å². The van der Waals surface area contributed by atoms with E-state index in [4.69, 9.17) is 4.52 Å². The van der Waals surface area contributed by atoms with E-state index in [-0.39, 0.29) is 11.3 Å². The predicted molar refractivity (Wildman–Crippen MR) is 128 cm³/mol. The Kier molecular flexibility index (Phi) is 5.96. The van der Waals surface area contributed by atoms with Gasteiger partial charge in [-0.05, 0) is 46.7 Å². The van der Waals surface area contributed by atoms with Gasteiger partial charge in [0.15, 0.2) is 5.82 Å². The third-order valence-corrected chi connectivity index (χ3v) is 5.84. The molecule has 3 N–H and O–H groups in total. The SMILES string of the molecule is CC(C)(C)c1cc(NC(=O)Nc2ccc(NC(=O)Cc3csc4ccccc34)cc2)no1. The Bertz CT molecular complexity index is 1250. The third-order valence-electron chi connectivity index (χ3n) is 4.83. The fraction of sp³-hybridized carbons (Fsp3) is 0.208. The number of fused-ring (bicyclic) bond motifs is 1. The molecule has 3 amide bonds. The van der Waals surface area contributed by atoms with Crippen molar-refractivity contribution < 1.29 is 14.1 Å². The molecule has 0 aliphatic carbocycles. The Morgan fingerprint density at radius 1 is 0.969 bits per heavy atom. The lowest BCUT2D eigenvalue weighted by Gasteiger charge is -2.12. The first-order valence-corrected chi connectivity index (χ1v) is 11.1. The summed E-state index contributed by atoms with van der Waals surface area (Å²) in [4.78, 5) is 24.7. The number of nitrogens with one attached hydrogen (secondary N) is 3. The topological polar surface area (TPSA) is 96.3 Å². The highest BCUT2D eigenvalue weighted by molar-refractivity contribution is 7.17. The molecule has 8 heteroatoms. The first-order valence-electron chi connectivity index (χ1n) is 10.2. The van der Waals surface area contributed by atoms with Crippen molar-refractivity contribution in [3.63, 3.8) is 0 Å². The first kappa shape index (κ1) is 21.6. The smallest absolute Gasteiger partial charge is 0.324 e. The minimum Gasteiger partial charge on any atom is -0.359 e. The molecule has 0 aliphatic heterocycles. The molecule has 7 nitrogen and oxygen atoms in total. The number of nitrogens with zero attached hydrogens (tertiary/aromatic N) is 1. The van der Waals surface area contributed by atoms with Crippen molar-refractivity contribution in [1.82, 2.24) is 5.16 Å². The van der Waals surface area contributed by atoms with Gasteiger partial charge in [-0.15, -0.1) is 11.3 Å². The van der Waals surface area contributed by atoms with Crippen LogP contribution in [0.25, 0.3) is 10.1 Å². The van der Waals surface area contributed by atoms with Crippen molar-refractivity contribution in [2.24, 2.45) is 0 Å². The maximum Gasteiger partial charge on any atom is 0.324 e. The van der Waals surface area contributed by atoms with Crippen molar-refractivity contribution in [2.75, 3.05) is 16.0 Å². The average molecular weight is 449 g/mol. The highest BCUT2D eigenvalue weighted by Gasteiger charge is 2.20. The lowest BCUT2D eigenvalue weighted by atomic mass is 9.93. The van der Waals surface area contributed by atoms with Gasteiger partial charge in [0.2, 0.25) is 5.91 Å². The molecule has 0 spiro atoms. The molecular weight excluding hydrogens is 424 g/mol. The van der Waals surface area contributed by atoms with E-state index in [1.165, 1.54) is 4.70 Å². The van der Waals surface area contributed by atoms with Crippen LogP contribution < -0.4 is 16.0 Å². The number of amides is 3. The third kappa shape index (κ3) is 5.15. The molecule has 0 atom stereocenters. The molecule has 0 radical (unpaired) electrons. The normalized spacial score (nSPS) is 11.3. The summed E-state index contributed by atoms with van der Waals surface area (Å²) < 4.78 is 6.43. The van der Waals surface area contributed by atoms with E-state index in [1.807, 2.05) is 44.4 Å².